The van der Waals surface area contributed by atoms with E-state index in [-0.39, 0.29) is 17.6 Å². The summed E-state index contributed by atoms with van der Waals surface area (Å²) in [6.45, 7) is 3.74. The van der Waals surface area contributed by atoms with Crippen LogP contribution in [0.3, 0.4) is 0 Å². The first kappa shape index (κ1) is 21.8. The second kappa shape index (κ2) is 9.71. The highest BCUT2D eigenvalue weighted by molar-refractivity contribution is 5.95. The average Bonchev–Trinajstić information content (AvgIpc) is 3.28. The van der Waals surface area contributed by atoms with Gasteiger partial charge in [-0.25, -0.2) is 0 Å². The van der Waals surface area contributed by atoms with Crippen LogP contribution in [0.5, 0.6) is 0 Å². The van der Waals surface area contributed by atoms with Crippen LogP contribution in [-0.2, 0) is 11.3 Å². The van der Waals surface area contributed by atoms with Crippen LogP contribution >= 0.6 is 0 Å². The van der Waals surface area contributed by atoms with Crippen molar-refractivity contribution in [2.24, 2.45) is 0 Å². The Hall–Kier alpha value is -3.94. The summed E-state index contributed by atoms with van der Waals surface area (Å²) >= 11 is 0. The lowest BCUT2D eigenvalue weighted by atomic mass is 10.1. The monoisotopic (exact) mass is 420 g/mol. The number of carbonyl (C=O) groups is 3. The minimum absolute atomic E-state index is 0.107. The number of rotatable bonds is 7. The van der Waals surface area contributed by atoms with Gasteiger partial charge in [0.2, 0.25) is 5.91 Å². The van der Waals surface area contributed by atoms with Crippen molar-refractivity contribution < 1.29 is 18.8 Å². The number of hydrogen-bond donors (Lipinski definition) is 3. The Labute approximate surface area is 180 Å². The highest BCUT2D eigenvalue weighted by Gasteiger charge is 2.18. The standard InChI is InChI=1S/C23H24N4O4/c1-14-6-5-11-25-20(14)23(30)26-13-16-7-4-8-17(12-16)18-9-10-19(31-18)22(29)27-15(2)21(28)24-3/h4-12,15H,13H2,1-3H3,(H,24,28)(H,26,30)(H,27,29). The van der Waals surface area contributed by atoms with E-state index in [2.05, 4.69) is 20.9 Å². The van der Waals surface area contributed by atoms with Crippen LogP contribution in [0.15, 0.2) is 59.1 Å². The van der Waals surface area contributed by atoms with Crippen LogP contribution < -0.4 is 16.0 Å². The van der Waals surface area contributed by atoms with Gasteiger partial charge in [0, 0.05) is 25.4 Å². The van der Waals surface area contributed by atoms with Gasteiger partial charge < -0.3 is 20.4 Å². The molecular formula is C23H24N4O4. The van der Waals surface area contributed by atoms with Gasteiger partial charge in [-0.3, -0.25) is 19.4 Å². The van der Waals surface area contributed by atoms with E-state index in [1.807, 2.05) is 37.3 Å². The molecule has 0 fully saturated rings. The molecule has 31 heavy (non-hydrogen) atoms. The summed E-state index contributed by atoms with van der Waals surface area (Å²) in [4.78, 5) is 40.3. The molecule has 3 N–H and O–H groups in total. The van der Waals surface area contributed by atoms with Crippen molar-refractivity contribution in [1.29, 1.82) is 0 Å². The molecule has 0 radical (unpaired) electrons. The van der Waals surface area contributed by atoms with Gasteiger partial charge in [0.25, 0.3) is 11.8 Å². The number of nitrogens with one attached hydrogen (secondary N) is 3. The fourth-order valence-corrected chi connectivity index (χ4v) is 2.99. The van der Waals surface area contributed by atoms with Crippen LogP contribution in [0.4, 0.5) is 0 Å². The van der Waals surface area contributed by atoms with Gasteiger partial charge in [-0.1, -0.05) is 24.3 Å². The molecule has 8 nitrogen and oxygen atoms in total. The molecule has 3 aromatic rings. The number of hydrogen-bond acceptors (Lipinski definition) is 5. The highest BCUT2D eigenvalue weighted by Crippen LogP contribution is 2.23. The maximum Gasteiger partial charge on any atom is 0.287 e. The number of amides is 3. The summed E-state index contributed by atoms with van der Waals surface area (Å²) in [7, 11) is 1.50. The van der Waals surface area contributed by atoms with E-state index < -0.39 is 11.9 Å². The third-order valence-electron chi connectivity index (χ3n) is 4.71. The minimum Gasteiger partial charge on any atom is -0.451 e. The topological polar surface area (TPSA) is 113 Å². The molecule has 0 saturated heterocycles. The fraction of sp³-hybridized carbons (Fsp3) is 0.217. The summed E-state index contributed by atoms with van der Waals surface area (Å²) in [6.07, 6.45) is 1.59. The van der Waals surface area contributed by atoms with E-state index in [0.29, 0.717) is 18.0 Å². The Balaban J connectivity index is 1.67. The van der Waals surface area contributed by atoms with Crippen molar-refractivity contribution in [3.63, 3.8) is 0 Å². The molecule has 1 atom stereocenters. The van der Waals surface area contributed by atoms with Gasteiger partial charge in [-0.15, -0.1) is 0 Å². The molecule has 2 heterocycles. The van der Waals surface area contributed by atoms with Gasteiger partial charge in [0.15, 0.2) is 5.76 Å². The average molecular weight is 420 g/mol. The lowest BCUT2D eigenvalue weighted by Crippen LogP contribution is -2.43. The van der Waals surface area contributed by atoms with E-state index >= 15 is 0 Å². The Morgan fingerprint density at radius 2 is 1.87 bits per heavy atom. The number of aryl methyl sites for hydroxylation is 1. The van der Waals surface area contributed by atoms with Crippen LogP contribution in [0.25, 0.3) is 11.3 Å². The molecule has 0 saturated carbocycles. The molecular weight excluding hydrogens is 396 g/mol. The molecule has 0 aliphatic rings. The number of carbonyl (C=O) groups excluding carboxylic acids is 3. The van der Waals surface area contributed by atoms with Crippen molar-refractivity contribution in [2.45, 2.75) is 26.4 Å². The third-order valence-corrected chi connectivity index (χ3v) is 4.71. The predicted molar refractivity (Wildman–Crippen MR) is 115 cm³/mol. The maximum absolute atomic E-state index is 12.4. The lowest BCUT2D eigenvalue weighted by Gasteiger charge is -2.10. The first-order valence-corrected chi connectivity index (χ1v) is 9.80. The fourth-order valence-electron chi connectivity index (χ4n) is 2.99. The third kappa shape index (κ3) is 5.36. The van der Waals surface area contributed by atoms with Crippen molar-refractivity contribution in [2.75, 3.05) is 7.05 Å². The van der Waals surface area contributed by atoms with Crippen LogP contribution in [0, 0.1) is 6.92 Å². The zero-order valence-corrected chi connectivity index (χ0v) is 17.6. The van der Waals surface area contributed by atoms with Crippen LogP contribution in [0.1, 0.15) is 39.1 Å². The van der Waals surface area contributed by atoms with Crippen LogP contribution in [-0.4, -0.2) is 35.8 Å². The van der Waals surface area contributed by atoms with Gasteiger partial charge in [0.1, 0.15) is 17.5 Å². The Morgan fingerprint density at radius 3 is 2.61 bits per heavy atom. The van der Waals surface area contributed by atoms with Gasteiger partial charge in [-0.05, 0) is 49.2 Å². The van der Waals surface area contributed by atoms with Gasteiger partial charge >= 0.3 is 0 Å². The van der Waals surface area contributed by atoms with Gasteiger partial charge in [-0.2, -0.15) is 0 Å². The van der Waals surface area contributed by atoms with Gasteiger partial charge in [0.05, 0.1) is 0 Å². The largest absolute Gasteiger partial charge is 0.451 e. The Morgan fingerprint density at radius 1 is 1.06 bits per heavy atom. The molecule has 0 bridgehead atoms. The molecule has 1 aromatic carbocycles. The molecule has 3 amide bonds. The quantitative estimate of drug-likeness (QED) is 0.543. The summed E-state index contributed by atoms with van der Waals surface area (Å²) in [5.41, 5.74) is 2.83. The number of nitrogens with zero attached hydrogens (tertiary/aromatic N) is 1. The smallest absolute Gasteiger partial charge is 0.287 e. The first-order valence-electron chi connectivity index (χ1n) is 9.80. The number of benzene rings is 1. The highest BCUT2D eigenvalue weighted by atomic mass is 16.4. The molecule has 2 aromatic heterocycles. The second-order valence-electron chi connectivity index (χ2n) is 7.03. The second-order valence-corrected chi connectivity index (χ2v) is 7.03. The zero-order valence-electron chi connectivity index (χ0n) is 17.6. The van der Waals surface area contributed by atoms with Crippen molar-refractivity contribution in [3.05, 3.63) is 77.3 Å². The molecule has 8 heteroatoms. The predicted octanol–water partition coefficient (Wildman–Crippen LogP) is 2.44. The molecule has 0 aliphatic heterocycles. The SMILES string of the molecule is CNC(=O)C(C)NC(=O)c1ccc(-c2cccc(CNC(=O)c3ncccc3C)c2)o1. The maximum atomic E-state index is 12.4. The van der Waals surface area contributed by atoms with Crippen molar-refractivity contribution >= 4 is 17.7 Å². The van der Waals surface area contributed by atoms with Crippen molar-refractivity contribution in [1.82, 2.24) is 20.9 Å². The number of furan rings is 1. The number of aromatic nitrogens is 1. The Kier molecular flexibility index (Phi) is 6.81. The number of pyridine rings is 1. The van der Waals surface area contributed by atoms with E-state index in [4.69, 9.17) is 4.42 Å². The Bertz CT molecular complexity index is 1110. The summed E-state index contributed by atoms with van der Waals surface area (Å²) in [5.74, 6) is -0.403. The van der Waals surface area contributed by atoms with Crippen LogP contribution in [0.2, 0.25) is 0 Å². The van der Waals surface area contributed by atoms with E-state index in [1.165, 1.54) is 7.05 Å². The summed E-state index contributed by atoms with van der Waals surface area (Å²) in [5, 5.41) is 7.91. The normalized spacial score (nSPS) is 11.5. The first-order chi connectivity index (χ1) is 14.9. The summed E-state index contributed by atoms with van der Waals surface area (Å²) < 4.78 is 5.67. The molecule has 0 spiro atoms. The molecule has 160 valence electrons. The molecule has 0 aliphatic carbocycles. The number of likely N-dealkylation sites (N-methyl/N-ethyl adjacent to an activating group) is 1. The summed E-state index contributed by atoms with van der Waals surface area (Å²) in [6, 6.07) is 13.6. The minimum atomic E-state index is -0.680. The van der Waals surface area contributed by atoms with E-state index in [0.717, 1.165) is 16.7 Å². The molecule has 1 unspecified atom stereocenters. The van der Waals surface area contributed by atoms with Crippen molar-refractivity contribution in [3.8, 4) is 11.3 Å². The zero-order chi connectivity index (χ0) is 22.4. The lowest BCUT2D eigenvalue weighted by molar-refractivity contribution is -0.122. The van der Waals surface area contributed by atoms with E-state index in [1.54, 1.807) is 31.3 Å². The van der Waals surface area contributed by atoms with E-state index in [9.17, 15) is 14.4 Å². The molecule has 3 rings (SSSR count).